The van der Waals surface area contributed by atoms with Gasteiger partial charge in [-0.25, -0.2) is 9.97 Å². The number of nitrogens with zero attached hydrogens (tertiary/aromatic N) is 2. The van der Waals surface area contributed by atoms with Gasteiger partial charge in [-0.2, -0.15) is 0 Å². The quantitative estimate of drug-likeness (QED) is 0.0544. The number of aryl methyl sites for hydroxylation is 2. The van der Waals surface area contributed by atoms with E-state index in [2.05, 4.69) is 72.8 Å². The molecule has 2 heterocycles. The molecule has 0 atom stereocenters. The smallest absolute Gasteiger partial charge is 0.377 e. The van der Waals surface area contributed by atoms with Gasteiger partial charge in [0.2, 0.25) is 0 Å². The summed E-state index contributed by atoms with van der Waals surface area (Å²) in [6, 6.07) is 31.4. The van der Waals surface area contributed by atoms with Crippen LogP contribution in [-0.2, 0) is 39.4 Å². The topological polar surface area (TPSA) is 81.2 Å². The van der Waals surface area contributed by atoms with Crippen molar-refractivity contribution in [3.63, 3.8) is 0 Å². The van der Waals surface area contributed by atoms with Gasteiger partial charge in [-0.05, 0) is 105 Å². The molecule has 280 valence electrons. The number of fused-ring (bicyclic) bond motifs is 2. The molecule has 0 bridgehead atoms. The molecular weight excluding hydrogens is 797 g/mol. The maximum absolute atomic E-state index is 5.72. The summed E-state index contributed by atoms with van der Waals surface area (Å²) in [6.45, 7) is 0. The molecule has 0 radical (unpaired) electrons. The first-order valence-corrected chi connectivity index (χ1v) is 26.2. The van der Waals surface area contributed by atoms with Gasteiger partial charge in [0.25, 0.3) is 0 Å². The molecule has 0 unspecified atom stereocenters. The minimum Gasteiger partial charge on any atom is -0.377 e. The predicted octanol–water partition coefficient (Wildman–Crippen LogP) is 11.3. The molecule has 2 aromatic heterocycles. The highest BCUT2D eigenvalue weighted by Crippen LogP contribution is 2.52. The third kappa shape index (κ3) is 9.48. The first-order chi connectivity index (χ1) is 25.9. The van der Waals surface area contributed by atoms with E-state index in [0.717, 1.165) is 58.8 Å². The van der Waals surface area contributed by atoms with E-state index in [-0.39, 0.29) is 0 Å². The lowest BCUT2D eigenvalue weighted by atomic mass is 10.0. The molecule has 6 rings (SSSR count). The lowest BCUT2D eigenvalue weighted by Gasteiger charge is -2.24. The van der Waals surface area contributed by atoms with Gasteiger partial charge < -0.3 is 26.6 Å². The summed E-state index contributed by atoms with van der Waals surface area (Å²) in [4.78, 5) is 12.6. The first-order valence-electron chi connectivity index (χ1n) is 17.2. The van der Waals surface area contributed by atoms with E-state index in [1.807, 2.05) is 12.1 Å². The first kappa shape index (κ1) is 40.6. The second-order valence-electron chi connectivity index (χ2n) is 12.1. The fourth-order valence-corrected chi connectivity index (χ4v) is 16.1. The van der Waals surface area contributed by atoms with Crippen molar-refractivity contribution in [1.82, 2.24) is 9.97 Å². The zero-order valence-corrected chi connectivity index (χ0v) is 36.8. The maximum Gasteiger partial charge on any atom is 0.500 e. The van der Waals surface area contributed by atoms with Gasteiger partial charge in [-0.15, -0.1) is 22.7 Å². The van der Waals surface area contributed by atoms with Crippen molar-refractivity contribution in [3.8, 4) is 21.1 Å². The highest BCUT2D eigenvalue weighted by Gasteiger charge is 2.38. The number of aromatic nitrogens is 2. The molecule has 0 amide bonds. The van der Waals surface area contributed by atoms with Crippen molar-refractivity contribution in [2.75, 3.05) is 42.7 Å². The Labute approximate surface area is 333 Å². The van der Waals surface area contributed by atoms with E-state index in [1.54, 1.807) is 96.7 Å². The standard InChI is InChI=1S/C38H44N2O6S5Si2/c1-41-52(42-2,43-3)25-13-17-27-15-11-23-33(35(27)37-39-29-19-7-9-21-31(29)47-37)49-51-50-34-24-12-16-28(18-14-26-53(44-4,45-5)46-6)36(34)38-40-30-20-8-10-22-32(30)48-38/h7-12,15-16,19-24H,13-14,17-18,25-26H2,1-6H3. The maximum atomic E-state index is 5.72. The molecule has 53 heavy (non-hydrogen) atoms. The van der Waals surface area contributed by atoms with E-state index in [1.165, 1.54) is 41.4 Å². The molecule has 15 heteroatoms. The molecule has 0 aliphatic heterocycles. The highest BCUT2D eigenvalue weighted by molar-refractivity contribution is 9.09. The molecular formula is C38H44N2O6S5Si2. The Bertz CT molecular complexity index is 1880. The van der Waals surface area contributed by atoms with Crippen LogP contribution in [0, 0.1) is 0 Å². The molecule has 0 aliphatic rings. The van der Waals surface area contributed by atoms with E-state index in [0.29, 0.717) is 0 Å². The molecule has 8 nitrogen and oxygen atoms in total. The molecule has 0 aliphatic carbocycles. The van der Waals surface area contributed by atoms with E-state index in [4.69, 9.17) is 36.5 Å². The third-order valence-electron chi connectivity index (χ3n) is 9.21. The fourth-order valence-electron chi connectivity index (χ4n) is 6.35. The zero-order chi connectivity index (χ0) is 37.3. The second-order valence-corrected chi connectivity index (χ2v) is 24.3. The van der Waals surface area contributed by atoms with Crippen LogP contribution in [0.5, 0.6) is 0 Å². The normalized spacial score (nSPS) is 12.3. The van der Waals surface area contributed by atoms with Gasteiger partial charge in [0, 0.05) is 75.7 Å². The van der Waals surface area contributed by atoms with Gasteiger partial charge in [-0.3, -0.25) is 0 Å². The van der Waals surface area contributed by atoms with Gasteiger partial charge in [0.15, 0.2) is 0 Å². The van der Waals surface area contributed by atoms with Gasteiger partial charge >= 0.3 is 17.6 Å². The van der Waals surface area contributed by atoms with Crippen LogP contribution in [0.25, 0.3) is 41.6 Å². The van der Waals surface area contributed by atoms with Gasteiger partial charge in [0.05, 0.1) is 20.4 Å². The number of para-hydroxylation sites is 2. The Morgan fingerprint density at radius 3 is 1.28 bits per heavy atom. The predicted molar refractivity (Wildman–Crippen MR) is 229 cm³/mol. The van der Waals surface area contributed by atoms with Crippen molar-refractivity contribution in [2.45, 2.75) is 47.6 Å². The van der Waals surface area contributed by atoms with Gasteiger partial charge in [-0.1, -0.05) is 48.5 Å². The summed E-state index contributed by atoms with van der Waals surface area (Å²) in [6.07, 6.45) is 3.45. The second kappa shape index (κ2) is 19.2. The van der Waals surface area contributed by atoms with Crippen molar-refractivity contribution in [3.05, 3.63) is 96.1 Å². The molecule has 6 aromatic rings. The Morgan fingerprint density at radius 1 is 0.509 bits per heavy atom. The third-order valence-corrected chi connectivity index (χ3v) is 20.9. The Kier molecular flexibility index (Phi) is 14.7. The van der Waals surface area contributed by atoms with Crippen LogP contribution >= 0.6 is 54.1 Å². The van der Waals surface area contributed by atoms with E-state index < -0.39 is 17.6 Å². The van der Waals surface area contributed by atoms with Crippen LogP contribution in [0.1, 0.15) is 24.0 Å². The summed E-state index contributed by atoms with van der Waals surface area (Å²) in [5, 5.41) is 2.06. The van der Waals surface area contributed by atoms with E-state index >= 15 is 0 Å². The van der Waals surface area contributed by atoms with Crippen molar-refractivity contribution >= 4 is 92.1 Å². The Morgan fingerprint density at radius 2 is 0.906 bits per heavy atom. The average Bonchev–Trinajstić information content (AvgIpc) is 3.83. The molecule has 4 aromatic carbocycles. The average molecular weight is 841 g/mol. The molecule has 0 spiro atoms. The summed E-state index contributed by atoms with van der Waals surface area (Å²) in [5.74, 6) is 0. The SMILES string of the molecule is CO[Si](CCCc1cccc(SSSc2cccc(CCC[Si](OC)(OC)OC)c2-c2nc3ccccc3s2)c1-c1nc2ccccc2s1)(OC)OC. The van der Waals surface area contributed by atoms with Crippen LogP contribution in [0.4, 0.5) is 0 Å². The largest absolute Gasteiger partial charge is 0.500 e. The van der Waals surface area contributed by atoms with E-state index in [9.17, 15) is 0 Å². The number of hydrogen-bond donors (Lipinski definition) is 0. The van der Waals surface area contributed by atoms with Crippen LogP contribution in [0.2, 0.25) is 12.1 Å². The van der Waals surface area contributed by atoms with Crippen LogP contribution in [0.3, 0.4) is 0 Å². The lowest BCUT2D eigenvalue weighted by Crippen LogP contribution is -2.42. The van der Waals surface area contributed by atoms with Crippen LogP contribution in [-0.4, -0.2) is 70.2 Å². The van der Waals surface area contributed by atoms with Crippen LogP contribution < -0.4 is 0 Å². The summed E-state index contributed by atoms with van der Waals surface area (Å²) >= 11 is 3.48. The van der Waals surface area contributed by atoms with Crippen molar-refractivity contribution in [2.24, 2.45) is 0 Å². The monoisotopic (exact) mass is 840 g/mol. The lowest BCUT2D eigenvalue weighted by molar-refractivity contribution is 0.122. The minimum atomic E-state index is -2.69. The molecule has 0 saturated carbocycles. The minimum absolute atomic E-state index is 0.730. The molecule has 0 saturated heterocycles. The number of rotatable bonds is 20. The Hall–Kier alpha value is -2.10. The van der Waals surface area contributed by atoms with Crippen molar-refractivity contribution in [1.29, 1.82) is 0 Å². The molecule has 0 fully saturated rings. The number of thiazole rings is 2. The highest BCUT2D eigenvalue weighted by atomic mass is 33.5. The summed E-state index contributed by atoms with van der Waals surface area (Å²) < 4.78 is 36.7. The van der Waals surface area contributed by atoms with Crippen LogP contribution in [0.15, 0.2) is 94.7 Å². The Balaban J connectivity index is 1.29. The summed E-state index contributed by atoms with van der Waals surface area (Å²) in [7, 11) is 9.99. The summed E-state index contributed by atoms with van der Waals surface area (Å²) in [5.41, 5.74) is 6.92. The fraction of sp³-hybridized carbons (Fsp3) is 0.316. The number of hydrogen-bond acceptors (Lipinski definition) is 13. The molecule has 0 N–H and O–H groups in total. The number of benzene rings is 4. The van der Waals surface area contributed by atoms with Gasteiger partial charge in [0.1, 0.15) is 10.0 Å². The van der Waals surface area contributed by atoms with Crippen molar-refractivity contribution < 1.29 is 26.6 Å². The zero-order valence-electron chi connectivity index (χ0n) is 30.7.